The van der Waals surface area contributed by atoms with Gasteiger partial charge in [0.1, 0.15) is 5.41 Å². The molecule has 1 aliphatic carbocycles. The average molecular weight is 279 g/mol. The smallest absolute Gasteiger partial charge is 0.319 e. The van der Waals surface area contributed by atoms with Gasteiger partial charge in [0.2, 0.25) is 0 Å². The fraction of sp³-hybridized carbons (Fsp3) is 0.706. The average Bonchev–Trinajstić information content (AvgIpc) is 2.42. The summed E-state index contributed by atoms with van der Waals surface area (Å²) >= 11 is 0. The highest BCUT2D eigenvalue weighted by atomic mass is 16.5. The quantitative estimate of drug-likeness (QED) is 0.572. The number of hydrogen-bond acceptors (Lipinski definition) is 3. The van der Waals surface area contributed by atoms with Crippen LogP contribution in [0.15, 0.2) is 24.3 Å². The first-order valence-corrected chi connectivity index (χ1v) is 7.70. The molecule has 0 aromatic rings. The Bertz CT molecular complexity index is 366. The molecule has 0 radical (unpaired) electrons. The number of esters is 1. The Morgan fingerprint density at radius 3 is 2.30 bits per heavy atom. The van der Waals surface area contributed by atoms with Crippen molar-refractivity contribution in [3.8, 4) is 0 Å². The van der Waals surface area contributed by atoms with Crippen molar-refractivity contribution in [2.75, 3.05) is 6.61 Å². The van der Waals surface area contributed by atoms with Crippen molar-refractivity contribution >= 4 is 5.97 Å². The summed E-state index contributed by atoms with van der Waals surface area (Å²) < 4.78 is 5.52. The van der Waals surface area contributed by atoms with Crippen LogP contribution in [0.2, 0.25) is 0 Å². The molecular formula is C17H29NO2. The Kier molecular flexibility index (Phi) is 6.00. The fourth-order valence-corrected chi connectivity index (χ4v) is 2.20. The second-order valence-electron chi connectivity index (χ2n) is 6.33. The zero-order valence-electron chi connectivity index (χ0n) is 13.3. The van der Waals surface area contributed by atoms with Crippen LogP contribution < -0.4 is 5.73 Å². The van der Waals surface area contributed by atoms with Gasteiger partial charge >= 0.3 is 5.97 Å². The summed E-state index contributed by atoms with van der Waals surface area (Å²) in [5.74, 6) is 0.286. The van der Waals surface area contributed by atoms with E-state index in [2.05, 4.69) is 13.8 Å². The van der Waals surface area contributed by atoms with Crippen molar-refractivity contribution in [1.82, 2.24) is 0 Å². The molecule has 1 unspecified atom stereocenters. The molecule has 1 rings (SSSR count). The van der Waals surface area contributed by atoms with Crippen LogP contribution in [0.1, 0.15) is 53.4 Å². The van der Waals surface area contributed by atoms with E-state index in [0.29, 0.717) is 12.5 Å². The van der Waals surface area contributed by atoms with Crippen molar-refractivity contribution in [2.45, 2.75) is 58.9 Å². The van der Waals surface area contributed by atoms with Crippen LogP contribution in [-0.4, -0.2) is 18.1 Å². The summed E-state index contributed by atoms with van der Waals surface area (Å²) in [5.41, 5.74) is 4.83. The first kappa shape index (κ1) is 17.0. The van der Waals surface area contributed by atoms with Gasteiger partial charge in [0.15, 0.2) is 0 Å². The number of carbonyl (C=O) groups is 1. The third-order valence-electron chi connectivity index (χ3n) is 4.01. The number of nitrogens with two attached hydrogens (primary N) is 1. The van der Waals surface area contributed by atoms with E-state index in [0.717, 1.165) is 12.8 Å². The number of carbonyl (C=O) groups excluding carboxylic acids is 1. The van der Waals surface area contributed by atoms with Gasteiger partial charge in [0.05, 0.1) is 6.61 Å². The monoisotopic (exact) mass is 279 g/mol. The van der Waals surface area contributed by atoms with Crippen LogP contribution >= 0.6 is 0 Å². The molecular weight excluding hydrogens is 250 g/mol. The van der Waals surface area contributed by atoms with Gasteiger partial charge in [-0.25, -0.2) is 0 Å². The summed E-state index contributed by atoms with van der Waals surface area (Å²) in [5, 5.41) is 0. The molecule has 0 fully saturated rings. The molecule has 0 aromatic heterocycles. The molecule has 3 nitrogen and oxygen atoms in total. The second kappa shape index (κ2) is 7.07. The van der Waals surface area contributed by atoms with Gasteiger partial charge in [-0.15, -0.1) is 0 Å². The number of unbranched alkanes of at least 4 members (excludes halogenated alkanes) is 1. The lowest BCUT2D eigenvalue weighted by molar-refractivity contribution is -0.151. The minimum atomic E-state index is -0.679. The molecule has 0 spiro atoms. The van der Waals surface area contributed by atoms with Crippen LogP contribution in [-0.2, 0) is 9.53 Å². The molecule has 20 heavy (non-hydrogen) atoms. The summed E-state index contributed by atoms with van der Waals surface area (Å²) in [6.07, 6.45) is 12.0. The van der Waals surface area contributed by atoms with Crippen molar-refractivity contribution < 1.29 is 9.53 Å². The predicted octanol–water partition coefficient (Wildman–Crippen LogP) is 3.60. The highest BCUT2D eigenvalue weighted by Crippen LogP contribution is 2.29. The van der Waals surface area contributed by atoms with E-state index in [-0.39, 0.29) is 5.97 Å². The first-order chi connectivity index (χ1) is 9.33. The Labute approximate surface area is 123 Å². The third-order valence-corrected chi connectivity index (χ3v) is 4.01. The maximum absolute atomic E-state index is 12.3. The van der Waals surface area contributed by atoms with Crippen LogP contribution in [0, 0.1) is 11.3 Å². The number of ether oxygens (including phenoxy) is 1. The van der Waals surface area contributed by atoms with Gasteiger partial charge in [-0.2, -0.15) is 0 Å². The van der Waals surface area contributed by atoms with Gasteiger partial charge < -0.3 is 10.5 Å². The predicted molar refractivity (Wildman–Crippen MR) is 83.2 cm³/mol. The molecule has 3 heteroatoms. The Morgan fingerprint density at radius 1 is 1.20 bits per heavy atom. The molecule has 114 valence electrons. The molecule has 2 N–H and O–H groups in total. The van der Waals surface area contributed by atoms with E-state index in [1.807, 2.05) is 38.2 Å². The van der Waals surface area contributed by atoms with Crippen LogP contribution in [0.3, 0.4) is 0 Å². The van der Waals surface area contributed by atoms with E-state index in [1.54, 1.807) is 0 Å². The van der Waals surface area contributed by atoms with E-state index in [9.17, 15) is 4.79 Å². The zero-order valence-corrected chi connectivity index (χ0v) is 13.3. The summed E-state index contributed by atoms with van der Waals surface area (Å²) in [6, 6.07) is 0. The molecule has 1 atom stereocenters. The van der Waals surface area contributed by atoms with E-state index in [4.69, 9.17) is 10.5 Å². The lowest BCUT2D eigenvalue weighted by Crippen LogP contribution is -2.37. The van der Waals surface area contributed by atoms with E-state index < -0.39 is 11.0 Å². The normalized spacial score (nSPS) is 30.2. The Balaban J connectivity index is 2.52. The molecule has 0 saturated carbocycles. The molecule has 0 bridgehead atoms. The van der Waals surface area contributed by atoms with E-state index in [1.165, 1.54) is 12.8 Å². The van der Waals surface area contributed by atoms with Crippen LogP contribution in [0.5, 0.6) is 0 Å². The molecule has 0 heterocycles. The molecule has 0 saturated heterocycles. The van der Waals surface area contributed by atoms with Gasteiger partial charge in [-0.05, 0) is 26.2 Å². The number of hydrogen-bond donors (Lipinski definition) is 1. The van der Waals surface area contributed by atoms with Gasteiger partial charge in [-0.1, -0.05) is 57.4 Å². The lowest BCUT2D eigenvalue weighted by Gasteiger charge is -2.28. The Morgan fingerprint density at radius 2 is 1.80 bits per heavy atom. The molecule has 0 amide bonds. The summed E-state index contributed by atoms with van der Waals surface area (Å²) in [7, 11) is 0. The fourth-order valence-electron chi connectivity index (χ4n) is 2.20. The largest absolute Gasteiger partial charge is 0.465 e. The number of rotatable bonds is 7. The molecule has 0 aliphatic heterocycles. The van der Waals surface area contributed by atoms with Crippen molar-refractivity contribution in [2.24, 2.45) is 17.1 Å². The lowest BCUT2D eigenvalue weighted by atomic mass is 9.81. The highest BCUT2D eigenvalue weighted by Gasteiger charge is 2.33. The first-order valence-electron chi connectivity index (χ1n) is 7.70. The van der Waals surface area contributed by atoms with E-state index >= 15 is 0 Å². The SMILES string of the molecule is CCCCC(CC)COC(=O)C1(C)C=CC(C)(N)C=C1. The molecule has 1 aliphatic rings. The standard InChI is InChI=1S/C17H29NO2/c1-5-7-8-14(6-2)13-20-15(19)16(3)9-11-17(4,18)12-10-16/h9-12,14H,5-8,13,18H2,1-4H3. The highest BCUT2D eigenvalue weighted by molar-refractivity contribution is 5.81. The zero-order chi connectivity index (χ0) is 15.2. The maximum atomic E-state index is 12.3. The van der Waals surface area contributed by atoms with Crippen molar-refractivity contribution in [3.63, 3.8) is 0 Å². The minimum Gasteiger partial charge on any atom is -0.465 e. The van der Waals surface area contributed by atoms with Crippen LogP contribution in [0.25, 0.3) is 0 Å². The van der Waals surface area contributed by atoms with Crippen molar-refractivity contribution in [1.29, 1.82) is 0 Å². The van der Waals surface area contributed by atoms with Gasteiger partial charge in [-0.3, -0.25) is 4.79 Å². The summed E-state index contributed by atoms with van der Waals surface area (Å²) in [4.78, 5) is 12.3. The topological polar surface area (TPSA) is 52.3 Å². The van der Waals surface area contributed by atoms with Gasteiger partial charge in [0, 0.05) is 5.54 Å². The Hall–Kier alpha value is -1.09. The summed E-state index contributed by atoms with van der Waals surface area (Å²) in [6.45, 7) is 8.62. The minimum absolute atomic E-state index is 0.185. The molecule has 0 aromatic carbocycles. The third kappa shape index (κ3) is 4.78. The maximum Gasteiger partial charge on any atom is 0.319 e. The van der Waals surface area contributed by atoms with Crippen LogP contribution in [0.4, 0.5) is 0 Å². The van der Waals surface area contributed by atoms with Crippen molar-refractivity contribution in [3.05, 3.63) is 24.3 Å². The van der Waals surface area contributed by atoms with Gasteiger partial charge in [0.25, 0.3) is 0 Å². The second-order valence-corrected chi connectivity index (χ2v) is 6.33.